The third-order valence-electron chi connectivity index (χ3n) is 7.22. The third-order valence-corrected chi connectivity index (χ3v) is 8.89. The van der Waals surface area contributed by atoms with E-state index in [9.17, 15) is 23.1 Å². The molecule has 8 nitrogen and oxygen atoms in total. The first-order chi connectivity index (χ1) is 15.3. The van der Waals surface area contributed by atoms with Crippen molar-refractivity contribution in [3.05, 3.63) is 23.8 Å². The molecule has 1 aromatic carbocycles. The molecule has 3 atom stereocenters. The molecule has 1 aromatic rings. The van der Waals surface area contributed by atoms with Crippen molar-refractivity contribution in [2.75, 3.05) is 37.8 Å². The summed E-state index contributed by atoms with van der Waals surface area (Å²) in [7, 11) is -2.05. The Morgan fingerprint density at radius 2 is 2.00 bits per heavy atom. The first kappa shape index (κ1) is 23.2. The number of benzene rings is 1. The number of rotatable bonds is 6. The lowest BCUT2D eigenvalue weighted by atomic mass is 9.71. The molecule has 0 radical (unpaired) electrons. The molecule has 1 saturated carbocycles. The van der Waals surface area contributed by atoms with Gasteiger partial charge < -0.3 is 20.6 Å². The number of fused-ring (bicyclic) bond motifs is 1. The summed E-state index contributed by atoms with van der Waals surface area (Å²) in [6.45, 7) is 2.13. The Balaban J connectivity index is 1.72. The van der Waals surface area contributed by atoms with E-state index < -0.39 is 27.4 Å². The fraction of sp³-hybridized carbons (Fsp3) is 0.652. The average Bonchev–Trinajstić information content (AvgIpc) is 3.17. The van der Waals surface area contributed by atoms with Crippen molar-refractivity contribution >= 4 is 27.3 Å². The summed E-state index contributed by atoms with van der Waals surface area (Å²) in [5.74, 6) is -1.27. The number of likely N-dealkylation sites (N-methyl/N-ethyl adjacent to an activating group) is 1. The number of hydrogen-bond donors (Lipinski definition) is 3. The van der Waals surface area contributed by atoms with Crippen LogP contribution in [0.25, 0.3) is 0 Å². The van der Waals surface area contributed by atoms with Crippen molar-refractivity contribution in [3.63, 3.8) is 0 Å². The first-order valence-corrected chi connectivity index (χ1v) is 13.2. The lowest BCUT2D eigenvalue weighted by Crippen LogP contribution is -2.41. The van der Waals surface area contributed by atoms with Crippen molar-refractivity contribution in [2.24, 2.45) is 11.8 Å². The van der Waals surface area contributed by atoms with Crippen molar-refractivity contribution < 1.29 is 23.1 Å². The molecule has 4 rings (SSSR count). The molecule has 2 heterocycles. The van der Waals surface area contributed by atoms with Crippen molar-refractivity contribution in [2.45, 2.75) is 55.4 Å². The lowest BCUT2D eigenvalue weighted by Gasteiger charge is -2.38. The second kappa shape index (κ2) is 9.49. The Bertz CT molecular complexity index is 974. The fourth-order valence-electron chi connectivity index (χ4n) is 5.66. The summed E-state index contributed by atoms with van der Waals surface area (Å²) in [5, 5.41) is 15.5. The number of carbonyl (C=O) groups is 2. The molecule has 2 amide bonds. The lowest BCUT2D eigenvalue weighted by molar-refractivity contribution is -0.124. The van der Waals surface area contributed by atoms with Gasteiger partial charge in [0.25, 0.3) is 0 Å². The Morgan fingerprint density at radius 3 is 2.66 bits per heavy atom. The van der Waals surface area contributed by atoms with E-state index in [4.69, 9.17) is 0 Å². The largest absolute Gasteiger partial charge is 0.392 e. The maximum Gasteiger partial charge on any atom is 0.239 e. The molecular formula is C23H33N3O5S. The van der Waals surface area contributed by atoms with Gasteiger partial charge in [-0.3, -0.25) is 9.59 Å². The van der Waals surface area contributed by atoms with Crippen LogP contribution in [-0.4, -0.2) is 68.8 Å². The number of carbonyl (C=O) groups excluding carboxylic acids is 2. The normalized spacial score (nSPS) is 25.6. The van der Waals surface area contributed by atoms with Crippen LogP contribution in [-0.2, 0) is 19.4 Å². The number of hydrogen-bond acceptors (Lipinski definition) is 6. The van der Waals surface area contributed by atoms with Crippen LogP contribution in [0.4, 0.5) is 5.69 Å². The maximum atomic E-state index is 13.2. The number of β-amino-alcohol motifs (C(OH)–C–C–N with tert-alkyl or cyclic N) is 1. The third kappa shape index (κ3) is 4.84. The average molecular weight is 464 g/mol. The van der Waals surface area contributed by atoms with Crippen LogP contribution in [0.1, 0.15) is 50.0 Å². The summed E-state index contributed by atoms with van der Waals surface area (Å²) < 4.78 is 24.9. The van der Waals surface area contributed by atoms with Crippen LogP contribution in [0.3, 0.4) is 0 Å². The molecule has 9 heteroatoms. The quantitative estimate of drug-likeness (QED) is 0.589. The molecule has 2 fully saturated rings. The van der Waals surface area contributed by atoms with Crippen LogP contribution >= 0.6 is 0 Å². The highest BCUT2D eigenvalue weighted by Gasteiger charge is 2.39. The van der Waals surface area contributed by atoms with Crippen molar-refractivity contribution in [1.29, 1.82) is 0 Å². The molecule has 0 spiro atoms. The molecule has 2 aliphatic heterocycles. The molecule has 1 unspecified atom stereocenters. The number of amides is 2. The van der Waals surface area contributed by atoms with Gasteiger partial charge in [-0.1, -0.05) is 38.2 Å². The van der Waals surface area contributed by atoms with Crippen LogP contribution in [0.2, 0.25) is 0 Å². The van der Waals surface area contributed by atoms with Gasteiger partial charge in [-0.2, -0.15) is 0 Å². The standard InChI is InChI=1S/C23H33N3O5S/c1-24-23(29)22(16-7-8-20-19(11-16)25-21(28)14-32(20,30)31)18(15-5-3-2-4-6-15)13-26-10-9-17(27)12-26/h7-8,11,15,17-18,22,27H,2-6,9-10,12-14H2,1H3,(H,24,29)(H,25,28)/t17-,18-,22?/m0/s1. The number of nitrogens with one attached hydrogen (secondary N) is 2. The van der Waals surface area contributed by atoms with Crippen LogP contribution in [0, 0.1) is 11.8 Å². The minimum absolute atomic E-state index is 0.0366. The van der Waals surface area contributed by atoms with Gasteiger partial charge in [0, 0.05) is 26.7 Å². The van der Waals surface area contributed by atoms with E-state index in [2.05, 4.69) is 15.5 Å². The van der Waals surface area contributed by atoms with E-state index in [1.165, 1.54) is 12.5 Å². The molecule has 0 aromatic heterocycles. The zero-order valence-corrected chi connectivity index (χ0v) is 19.4. The molecule has 32 heavy (non-hydrogen) atoms. The van der Waals surface area contributed by atoms with E-state index in [1.54, 1.807) is 19.2 Å². The zero-order valence-electron chi connectivity index (χ0n) is 18.5. The van der Waals surface area contributed by atoms with Crippen LogP contribution < -0.4 is 10.6 Å². The predicted molar refractivity (Wildman–Crippen MR) is 121 cm³/mol. The highest BCUT2D eigenvalue weighted by molar-refractivity contribution is 7.92. The van der Waals surface area contributed by atoms with Gasteiger partial charge in [0.2, 0.25) is 11.8 Å². The molecule has 3 aliphatic rings. The topological polar surface area (TPSA) is 116 Å². The summed E-state index contributed by atoms with van der Waals surface area (Å²) in [5.41, 5.74) is 0.975. The van der Waals surface area contributed by atoms with E-state index in [-0.39, 0.29) is 28.5 Å². The second-order valence-corrected chi connectivity index (χ2v) is 11.4. The van der Waals surface area contributed by atoms with E-state index in [0.29, 0.717) is 19.0 Å². The summed E-state index contributed by atoms with van der Waals surface area (Å²) in [6, 6.07) is 4.91. The highest BCUT2D eigenvalue weighted by Crippen LogP contribution is 2.41. The molecule has 176 valence electrons. The van der Waals surface area contributed by atoms with E-state index in [0.717, 1.165) is 44.2 Å². The SMILES string of the molecule is CNC(=O)C(c1ccc2c(c1)NC(=O)CS2(=O)=O)[C@@H](CN1CC[C@H](O)C1)C1CCCCC1. The number of sulfone groups is 1. The molecular weight excluding hydrogens is 430 g/mol. The second-order valence-electron chi connectivity index (χ2n) is 9.42. The monoisotopic (exact) mass is 463 g/mol. The van der Waals surface area contributed by atoms with E-state index >= 15 is 0 Å². The van der Waals surface area contributed by atoms with Gasteiger partial charge in [0.05, 0.1) is 22.6 Å². The molecule has 1 aliphatic carbocycles. The predicted octanol–water partition coefficient (Wildman–Crippen LogP) is 1.51. The maximum absolute atomic E-state index is 13.2. The number of aliphatic hydroxyl groups excluding tert-OH is 1. The Hall–Kier alpha value is -1.97. The van der Waals surface area contributed by atoms with Crippen LogP contribution in [0.5, 0.6) is 0 Å². The summed E-state index contributed by atoms with van der Waals surface area (Å²) >= 11 is 0. The van der Waals surface area contributed by atoms with Gasteiger partial charge in [0.15, 0.2) is 9.84 Å². The van der Waals surface area contributed by atoms with Gasteiger partial charge in [-0.15, -0.1) is 0 Å². The first-order valence-electron chi connectivity index (χ1n) is 11.6. The van der Waals surface area contributed by atoms with Crippen molar-refractivity contribution in [3.8, 4) is 0 Å². The van der Waals surface area contributed by atoms with Gasteiger partial charge in [0.1, 0.15) is 5.75 Å². The zero-order chi connectivity index (χ0) is 22.9. The summed E-state index contributed by atoms with van der Waals surface area (Å²) in [6.07, 6.45) is 6.02. The Labute approximate surface area is 189 Å². The smallest absolute Gasteiger partial charge is 0.239 e. The number of anilines is 1. The number of nitrogens with zero attached hydrogens (tertiary/aromatic N) is 1. The highest BCUT2D eigenvalue weighted by atomic mass is 32.2. The fourth-order valence-corrected chi connectivity index (χ4v) is 6.95. The van der Waals surface area contributed by atoms with Gasteiger partial charge >= 0.3 is 0 Å². The van der Waals surface area contributed by atoms with E-state index in [1.807, 2.05) is 0 Å². The van der Waals surface area contributed by atoms with Gasteiger partial charge in [-0.05, 0) is 36.0 Å². The Kier molecular flexibility index (Phi) is 6.88. The molecule has 3 N–H and O–H groups in total. The number of likely N-dealkylation sites (tertiary alicyclic amines) is 1. The minimum atomic E-state index is -3.67. The van der Waals surface area contributed by atoms with Gasteiger partial charge in [-0.25, -0.2) is 8.42 Å². The van der Waals surface area contributed by atoms with Crippen LogP contribution in [0.15, 0.2) is 23.1 Å². The molecule has 1 saturated heterocycles. The minimum Gasteiger partial charge on any atom is -0.392 e. The molecule has 0 bridgehead atoms. The summed E-state index contributed by atoms with van der Waals surface area (Å²) in [4.78, 5) is 27.5. The number of aliphatic hydroxyl groups is 1. The van der Waals surface area contributed by atoms with Crippen molar-refractivity contribution in [1.82, 2.24) is 10.2 Å². The Morgan fingerprint density at radius 1 is 1.25 bits per heavy atom.